The fraction of sp³-hybridized carbons (Fsp3) is 0.556. The molecule has 0 fully saturated rings. The second-order valence-electron chi connectivity index (χ2n) is 6.51. The SMILES string of the molecule is CC(=O)Nc1c(C)c(C(=O)NCC(O)C[OH2+])c(I)c(COCNCC(O)CO)c1I. The maximum absolute atomic E-state index is 12.8. The van der Waals surface area contributed by atoms with Crippen molar-refractivity contribution in [2.75, 3.05) is 38.4 Å². The molecule has 0 radical (unpaired) electrons. The number of carbonyl (C=O) groups excluding carboxylic acids is 2. The first kappa shape index (κ1) is 27.4. The molecule has 2 unspecified atom stereocenters. The number of halogens is 2. The first-order valence-corrected chi connectivity index (χ1v) is 11.3. The summed E-state index contributed by atoms with van der Waals surface area (Å²) in [7, 11) is 0. The summed E-state index contributed by atoms with van der Waals surface area (Å²) in [6, 6.07) is 0. The fourth-order valence-electron chi connectivity index (χ4n) is 2.46. The Hall–Kier alpha value is -0.620. The topological polar surface area (TPSA) is 163 Å². The number of carbonyl (C=O) groups is 2. The molecule has 1 aromatic rings. The van der Waals surface area contributed by atoms with Crippen LogP contribution in [-0.2, 0) is 16.1 Å². The summed E-state index contributed by atoms with van der Waals surface area (Å²) in [6.07, 6.45) is -1.84. The zero-order valence-electron chi connectivity index (χ0n) is 16.7. The minimum Gasteiger partial charge on any atom is -0.443 e. The number of ether oxygens (including phenoxy) is 1. The van der Waals surface area contributed by atoms with Crippen molar-refractivity contribution in [2.45, 2.75) is 32.7 Å². The van der Waals surface area contributed by atoms with Crippen molar-refractivity contribution in [3.63, 3.8) is 0 Å². The van der Waals surface area contributed by atoms with Gasteiger partial charge in [0.05, 0.1) is 43.8 Å². The molecule has 1 aromatic carbocycles. The lowest BCUT2D eigenvalue weighted by Gasteiger charge is -2.21. The highest BCUT2D eigenvalue weighted by atomic mass is 127. The highest BCUT2D eigenvalue weighted by molar-refractivity contribution is 14.1. The van der Waals surface area contributed by atoms with Crippen LogP contribution in [0.25, 0.3) is 0 Å². The van der Waals surface area contributed by atoms with Crippen LogP contribution >= 0.6 is 45.2 Å². The van der Waals surface area contributed by atoms with Gasteiger partial charge in [-0.2, -0.15) is 0 Å². The lowest BCUT2D eigenvalue weighted by molar-refractivity contribution is -0.114. The van der Waals surface area contributed by atoms with Crippen LogP contribution in [0.2, 0.25) is 0 Å². The number of hydrogen-bond acceptors (Lipinski definition) is 7. The van der Waals surface area contributed by atoms with Crippen molar-refractivity contribution >= 4 is 62.7 Å². The zero-order chi connectivity index (χ0) is 22.8. The van der Waals surface area contributed by atoms with Gasteiger partial charge in [-0.25, -0.2) is 0 Å². The predicted molar refractivity (Wildman–Crippen MR) is 128 cm³/mol. The third-order valence-corrected chi connectivity index (χ3v) is 6.40. The number of aliphatic hydroxyl groups is 3. The molecule has 0 bridgehead atoms. The maximum atomic E-state index is 12.8. The monoisotopic (exact) mass is 652 g/mol. The Bertz CT molecular complexity index is 749. The lowest BCUT2D eigenvalue weighted by Crippen LogP contribution is -2.35. The molecule has 0 aliphatic rings. The van der Waals surface area contributed by atoms with Crippen molar-refractivity contribution < 1.29 is 34.8 Å². The second-order valence-corrected chi connectivity index (χ2v) is 8.67. The van der Waals surface area contributed by atoms with E-state index in [0.29, 0.717) is 25.9 Å². The normalized spacial score (nSPS) is 13.1. The van der Waals surface area contributed by atoms with Gasteiger partial charge in [0.15, 0.2) is 6.61 Å². The van der Waals surface area contributed by atoms with Gasteiger partial charge in [-0.05, 0) is 57.7 Å². The summed E-state index contributed by atoms with van der Waals surface area (Å²) >= 11 is 4.14. The molecule has 10 nitrogen and oxygen atoms in total. The summed E-state index contributed by atoms with van der Waals surface area (Å²) in [5.41, 5.74) is 2.17. The number of aliphatic hydroxyl groups excluding tert-OH is 3. The molecule has 170 valence electrons. The maximum Gasteiger partial charge on any atom is 0.252 e. The molecule has 1 rings (SSSR count). The fourth-order valence-corrected chi connectivity index (χ4v) is 5.02. The van der Waals surface area contributed by atoms with Crippen LogP contribution in [0.4, 0.5) is 5.69 Å². The van der Waals surface area contributed by atoms with Gasteiger partial charge >= 0.3 is 0 Å². The number of hydrogen-bond donors (Lipinski definition) is 6. The Morgan fingerprint density at radius 2 is 1.83 bits per heavy atom. The van der Waals surface area contributed by atoms with Crippen LogP contribution < -0.4 is 16.0 Å². The summed E-state index contributed by atoms with van der Waals surface area (Å²) in [4.78, 5) is 24.5. The Morgan fingerprint density at radius 3 is 2.40 bits per heavy atom. The van der Waals surface area contributed by atoms with E-state index in [9.17, 15) is 19.8 Å². The van der Waals surface area contributed by atoms with Gasteiger partial charge in [0.1, 0.15) is 6.10 Å². The Labute approximate surface area is 202 Å². The van der Waals surface area contributed by atoms with Crippen molar-refractivity contribution in [3.8, 4) is 0 Å². The molecule has 2 amide bonds. The van der Waals surface area contributed by atoms with Crippen LogP contribution in [0.3, 0.4) is 0 Å². The molecule has 0 saturated carbocycles. The van der Waals surface area contributed by atoms with Gasteiger partial charge in [0.25, 0.3) is 5.91 Å². The van der Waals surface area contributed by atoms with Gasteiger partial charge in [-0.15, -0.1) is 0 Å². The molecule has 0 aromatic heterocycles. The van der Waals surface area contributed by atoms with Gasteiger partial charge in [-0.3, -0.25) is 14.9 Å². The molecular formula is C18H28I2N3O7+. The number of nitrogens with one attached hydrogen (secondary N) is 3. The summed E-state index contributed by atoms with van der Waals surface area (Å²) in [5.74, 6) is -0.697. The zero-order valence-corrected chi connectivity index (χ0v) is 21.0. The van der Waals surface area contributed by atoms with E-state index in [1.807, 2.05) is 0 Å². The molecule has 2 atom stereocenters. The Kier molecular flexibility index (Phi) is 12.5. The van der Waals surface area contributed by atoms with E-state index >= 15 is 0 Å². The van der Waals surface area contributed by atoms with Crippen molar-refractivity contribution in [2.24, 2.45) is 0 Å². The molecule has 30 heavy (non-hydrogen) atoms. The van der Waals surface area contributed by atoms with E-state index in [0.717, 1.165) is 3.57 Å². The van der Waals surface area contributed by atoms with Crippen LogP contribution in [0, 0.1) is 14.1 Å². The quantitative estimate of drug-likeness (QED) is 0.0761. The first-order valence-electron chi connectivity index (χ1n) is 9.10. The van der Waals surface area contributed by atoms with Crippen LogP contribution in [0.15, 0.2) is 0 Å². The molecular weight excluding hydrogens is 624 g/mol. The Morgan fingerprint density at radius 1 is 1.17 bits per heavy atom. The summed E-state index contributed by atoms with van der Waals surface area (Å²) in [6.45, 7) is 2.90. The first-order chi connectivity index (χ1) is 14.1. The predicted octanol–water partition coefficient (Wildman–Crippen LogP) is -0.605. The number of rotatable bonds is 12. The average Bonchev–Trinajstić information content (AvgIpc) is 2.70. The van der Waals surface area contributed by atoms with Crippen molar-refractivity contribution in [1.29, 1.82) is 0 Å². The number of anilines is 1. The highest BCUT2D eigenvalue weighted by Crippen LogP contribution is 2.34. The van der Waals surface area contributed by atoms with Crippen molar-refractivity contribution in [3.05, 3.63) is 23.8 Å². The minimum atomic E-state index is -0.964. The molecule has 0 saturated heterocycles. The summed E-state index contributed by atoms with van der Waals surface area (Å²) < 4.78 is 6.99. The van der Waals surface area contributed by atoms with Crippen LogP contribution in [-0.4, -0.2) is 77.5 Å². The third kappa shape index (κ3) is 8.14. The second kappa shape index (κ2) is 13.7. The minimum absolute atomic E-state index is 0.0533. The standard InChI is InChI=1S/C18H27I2N3O7/c1-9-14(18(29)22-4-12(28)6-25)15(19)13(16(20)17(9)23-10(2)26)7-30-8-21-3-11(27)5-24/h11-12,21,24-25,27-28H,3-8H2,1-2H3,(H,22,29)(H,23,26)/p+1. The van der Waals surface area contributed by atoms with E-state index in [1.165, 1.54) is 6.92 Å². The Balaban J connectivity index is 3.13. The number of amides is 2. The van der Waals surface area contributed by atoms with E-state index in [1.54, 1.807) is 6.92 Å². The van der Waals surface area contributed by atoms with Crippen molar-refractivity contribution in [1.82, 2.24) is 10.6 Å². The lowest BCUT2D eigenvalue weighted by atomic mass is 10.0. The highest BCUT2D eigenvalue weighted by Gasteiger charge is 2.24. The van der Waals surface area contributed by atoms with E-state index in [-0.39, 0.29) is 45.5 Å². The van der Waals surface area contributed by atoms with Gasteiger partial charge in [-0.1, -0.05) is 0 Å². The molecule has 12 heteroatoms. The summed E-state index contributed by atoms with van der Waals surface area (Å²) in [5, 5.41) is 43.1. The van der Waals surface area contributed by atoms with Gasteiger partial charge in [0, 0.05) is 26.2 Å². The van der Waals surface area contributed by atoms with Crippen LogP contribution in [0.1, 0.15) is 28.4 Å². The third-order valence-electron chi connectivity index (χ3n) is 4.02. The molecule has 0 aliphatic carbocycles. The van der Waals surface area contributed by atoms with E-state index < -0.39 is 18.1 Å². The van der Waals surface area contributed by atoms with Gasteiger partial charge in [0.2, 0.25) is 5.91 Å². The molecule has 0 aliphatic heterocycles. The number of benzene rings is 1. The smallest absolute Gasteiger partial charge is 0.252 e. The van der Waals surface area contributed by atoms with Crippen LogP contribution in [0.5, 0.6) is 0 Å². The average molecular weight is 652 g/mol. The van der Waals surface area contributed by atoms with Gasteiger partial charge < -0.3 is 35.8 Å². The van der Waals surface area contributed by atoms with E-state index in [2.05, 4.69) is 61.1 Å². The molecule has 0 spiro atoms. The largest absolute Gasteiger partial charge is 0.443 e. The molecule has 8 N–H and O–H groups in total. The van der Waals surface area contributed by atoms with E-state index in [4.69, 9.17) is 14.9 Å². The molecule has 0 heterocycles.